The fourth-order valence-electron chi connectivity index (χ4n) is 2.30. The van der Waals surface area contributed by atoms with Crippen molar-refractivity contribution >= 4 is 29.3 Å². The van der Waals surface area contributed by atoms with Crippen molar-refractivity contribution in [3.63, 3.8) is 0 Å². The molecule has 2 N–H and O–H groups in total. The largest absolute Gasteiger partial charge is 0.478 e. The Morgan fingerprint density at radius 2 is 2.10 bits per heavy atom. The number of carboxylic acids is 1. The maximum Gasteiger partial charge on any atom is 0.337 e. The van der Waals surface area contributed by atoms with Crippen molar-refractivity contribution in [1.82, 2.24) is 10.3 Å². The highest BCUT2D eigenvalue weighted by Gasteiger charge is 2.22. The molecule has 20 heavy (non-hydrogen) atoms. The molecule has 1 fully saturated rings. The van der Waals surface area contributed by atoms with Crippen LogP contribution >= 0.6 is 11.6 Å². The van der Waals surface area contributed by atoms with Gasteiger partial charge in [0.15, 0.2) is 0 Å². The average Bonchev–Trinajstić information content (AvgIpc) is 2.39. The first kappa shape index (κ1) is 14.6. The zero-order chi connectivity index (χ0) is 14.7. The summed E-state index contributed by atoms with van der Waals surface area (Å²) in [6.07, 6.45) is 2.94. The number of aromatic carboxylic acids is 1. The number of nitrogens with one attached hydrogen (secondary N) is 1. The van der Waals surface area contributed by atoms with Crippen molar-refractivity contribution in [1.29, 1.82) is 0 Å². The molecular weight excluding hydrogens is 282 g/mol. The van der Waals surface area contributed by atoms with Gasteiger partial charge in [-0.15, -0.1) is 0 Å². The number of hydrogen-bond acceptors (Lipinski definition) is 4. The number of nitrogens with zero attached hydrogens (tertiary/aromatic N) is 2. The molecule has 0 aromatic carbocycles. The Kier molecular flexibility index (Phi) is 4.44. The number of carbonyl (C=O) groups excluding carboxylic acids is 1. The number of anilines is 1. The molecule has 1 aliphatic rings. The summed E-state index contributed by atoms with van der Waals surface area (Å²) in [5.41, 5.74) is 0.0758. The summed E-state index contributed by atoms with van der Waals surface area (Å²) in [5.74, 6) is -0.473. The van der Waals surface area contributed by atoms with Crippen molar-refractivity contribution in [3.8, 4) is 0 Å². The van der Waals surface area contributed by atoms with E-state index in [1.807, 2.05) is 4.90 Å². The fourth-order valence-corrected chi connectivity index (χ4v) is 2.59. The Morgan fingerprint density at radius 3 is 2.60 bits per heavy atom. The standard InChI is InChI=1S/C13H16ClN3O3/c1-8(18)16-10-2-4-17(5-3-10)12-11(14)6-9(7-15-12)13(19)20/h6-7,10H,2-5H2,1H3,(H,16,18)(H,19,20). The van der Waals surface area contributed by atoms with E-state index in [1.54, 1.807) is 0 Å². The summed E-state index contributed by atoms with van der Waals surface area (Å²) in [4.78, 5) is 28.0. The molecule has 0 bridgehead atoms. The van der Waals surface area contributed by atoms with Gasteiger partial charge in [0.1, 0.15) is 5.82 Å². The van der Waals surface area contributed by atoms with E-state index in [1.165, 1.54) is 19.2 Å². The Balaban J connectivity index is 2.03. The van der Waals surface area contributed by atoms with E-state index in [0.717, 1.165) is 25.9 Å². The molecule has 1 aromatic heterocycles. The number of hydrogen-bond donors (Lipinski definition) is 2. The predicted molar refractivity (Wildman–Crippen MR) is 75.3 cm³/mol. The number of aromatic nitrogens is 1. The van der Waals surface area contributed by atoms with Crippen molar-refractivity contribution in [2.75, 3.05) is 18.0 Å². The van der Waals surface area contributed by atoms with Crippen LogP contribution in [0.4, 0.5) is 5.82 Å². The lowest BCUT2D eigenvalue weighted by atomic mass is 10.0. The Bertz CT molecular complexity index is 528. The molecule has 0 aliphatic carbocycles. The Labute approximate surface area is 121 Å². The molecule has 108 valence electrons. The molecule has 0 atom stereocenters. The normalized spacial score (nSPS) is 16.0. The van der Waals surface area contributed by atoms with E-state index in [0.29, 0.717) is 10.8 Å². The zero-order valence-electron chi connectivity index (χ0n) is 11.1. The first-order valence-electron chi connectivity index (χ1n) is 6.38. The van der Waals surface area contributed by atoms with E-state index in [2.05, 4.69) is 10.3 Å². The average molecular weight is 298 g/mol. The van der Waals surface area contributed by atoms with Gasteiger partial charge >= 0.3 is 5.97 Å². The van der Waals surface area contributed by atoms with Gasteiger partial charge < -0.3 is 15.3 Å². The van der Waals surface area contributed by atoms with E-state index in [9.17, 15) is 9.59 Å². The van der Waals surface area contributed by atoms with Gasteiger partial charge in [-0.1, -0.05) is 11.6 Å². The Hall–Kier alpha value is -1.82. The molecule has 1 saturated heterocycles. The summed E-state index contributed by atoms with van der Waals surface area (Å²) in [5, 5.41) is 12.1. The summed E-state index contributed by atoms with van der Waals surface area (Å²) in [6, 6.07) is 1.59. The lowest BCUT2D eigenvalue weighted by Crippen LogP contribution is -2.44. The highest BCUT2D eigenvalue weighted by molar-refractivity contribution is 6.33. The van der Waals surface area contributed by atoms with Crippen LogP contribution in [0, 0.1) is 0 Å². The minimum atomic E-state index is -1.05. The van der Waals surface area contributed by atoms with Crippen molar-refractivity contribution < 1.29 is 14.7 Å². The van der Waals surface area contributed by atoms with Crippen LogP contribution in [0.25, 0.3) is 0 Å². The molecule has 2 heterocycles. The second kappa shape index (κ2) is 6.09. The molecule has 1 aliphatic heterocycles. The minimum Gasteiger partial charge on any atom is -0.478 e. The van der Waals surface area contributed by atoms with Crippen molar-refractivity contribution in [2.45, 2.75) is 25.8 Å². The molecule has 2 rings (SSSR count). The summed E-state index contributed by atoms with van der Waals surface area (Å²) >= 11 is 6.09. The number of pyridine rings is 1. The monoisotopic (exact) mass is 297 g/mol. The maximum atomic E-state index is 11.0. The number of amides is 1. The quantitative estimate of drug-likeness (QED) is 0.884. The molecule has 7 heteroatoms. The molecule has 0 radical (unpaired) electrons. The maximum absolute atomic E-state index is 11.0. The molecule has 1 amide bonds. The number of piperidine rings is 1. The zero-order valence-corrected chi connectivity index (χ0v) is 11.9. The third-order valence-electron chi connectivity index (χ3n) is 3.27. The van der Waals surface area contributed by atoms with E-state index in [-0.39, 0.29) is 17.5 Å². The van der Waals surface area contributed by atoms with Crippen LogP contribution in [0.3, 0.4) is 0 Å². The van der Waals surface area contributed by atoms with Gasteiger partial charge in [0.25, 0.3) is 0 Å². The van der Waals surface area contributed by atoms with Crippen LogP contribution < -0.4 is 10.2 Å². The van der Waals surface area contributed by atoms with Gasteiger partial charge in [0.05, 0.1) is 10.6 Å². The molecule has 0 spiro atoms. The van der Waals surface area contributed by atoms with Crippen LogP contribution in [0.5, 0.6) is 0 Å². The van der Waals surface area contributed by atoms with Gasteiger partial charge in [-0.3, -0.25) is 4.79 Å². The van der Waals surface area contributed by atoms with Crippen molar-refractivity contribution in [3.05, 3.63) is 22.8 Å². The number of halogens is 1. The second-order valence-corrected chi connectivity index (χ2v) is 5.20. The summed E-state index contributed by atoms with van der Waals surface area (Å²) < 4.78 is 0. The third kappa shape index (κ3) is 3.39. The lowest BCUT2D eigenvalue weighted by Gasteiger charge is -2.33. The van der Waals surface area contributed by atoms with E-state index < -0.39 is 5.97 Å². The van der Waals surface area contributed by atoms with Crippen LogP contribution in [-0.2, 0) is 4.79 Å². The first-order valence-corrected chi connectivity index (χ1v) is 6.76. The molecule has 1 aromatic rings. The van der Waals surface area contributed by atoms with Crippen LogP contribution in [-0.4, -0.2) is 41.1 Å². The van der Waals surface area contributed by atoms with Gasteiger partial charge in [-0.25, -0.2) is 9.78 Å². The number of carboxylic acid groups (broad SMARTS) is 1. The van der Waals surface area contributed by atoms with E-state index in [4.69, 9.17) is 16.7 Å². The first-order chi connectivity index (χ1) is 9.47. The SMILES string of the molecule is CC(=O)NC1CCN(c2ncc(C(=O)O)cc2Cl)CC1. The van der Waals surface area contributed by atoms with Crippen LogP contribution in [0.2, 0.25) is 5.02 Å². The van der Waals surface area contributed by atoms with E-state index >= 15 is 0 Å². The fraction of sp³-hybridized carbons (Fsp3) is 0.462. The number of rotatable bonds is 3. The molecule has 0 unspecified atom stereocenters. The minimum absolute atomic E-state index is 0.0228. The lowest BCUT2D eigenvalue weighted by molar-refractivity contribution is -0.119. The summed E-state index contributed by atoms with van der Waals surface area (Å²) in [6.45, 7) is 2.96. The molecular formula is C13H16ClN3O3. The highest BCUT2D eigenvalue weighted by atomic mass is 35.5. The van der Waals surface area contributed by atoms with Gasteiger partial charge in [0, 0.05) is 32.3 Å². The van der Waals surface area contributed by atoms with Crippen LogP contribution in [0.1, 0.15) is 30.1 Å². The van der Waals surface area contributed by atoms with Gasteiger partial charge in [-0.2, -0.15) is 0 Å². The number of carbonyl (C=O) groups is 2. The predicted octanol–water partition coefficient (Wildman–Crippen LogP) is 1.54. The molecule has 0 saturated carbocycles. The third-order valence-corrected chi connectivity index (χ3v) is 3.55. The second-order valence-electron chi connectivity index (χ2n) is 4.80. The Morgan fingerprint density at radius 1 is 1.45 bits per heavy atom. The van der Waals surface area contributed by atoms with Gasteiger partial charge in [-0.05, 0) is 18.9 Å². The van der Waals surface area contributed by atoms with Crippen molar-refractivity contribution in [2.24, 2.45) is 0 Å². The molecule has 6 nitrogen and oxygen atoms in total. The topological polar surface area (TPSA) is 82.5 Å². The van der Waals surface area contributed by atoms with Crippen LogP contribution in [0.15, 0.2) is 12.3 Å². The summed E-state index contributed by atoms with van der Waals surface area (Å²) in [7, 11) is 0. The highest BCUT2D eigenvalue weighted by Crippen LogP contribution is 2.26. The smallest absolute Gasteiger partial charge is 0.337 e. The van der Waals surface area contributed by atoms with Gasteiger partial charge in [0.2, 0.25) is 5.91 Å².